The Labute approximate surface area is 155 Å². The molecule has 1 saturated carbocycles. The SMILES string of the molecule is O=C(NC1CCCCCCCCCCC1)c1cc2cc(Cl)ccc2o1. The van der Waals surface area contributed by atoms with Crippen LogP contribution in [-0.4, -0.2) is 11.9 Å². The molecule has 1 amide bonds. The van der Waals surface area contributed by atoms with Crippen molar-refractivity contribution in [2.24, 2.45) is 0 Å². The Bertz CT molecular complexity index is 682. The fourth-order valence-electron chi connectivity index (χ4n) is 3.69. The van der Waals surface area contributed by atoms with Gasteiger partial charge in [0.2, 0.25) is 0 Å². The van der Waals surface area contributed by atoms with E-state index in [0.717, 1.165) is 18.2 Å². The van der Waals surface area contributed by atoms with Crippen LogP contribution in [-0.2, 0) is 0 Å². The molecule has 2 aromatic rings. The van der Waals surface area contributed by atoms with Gasteiger partial charge in [-0.1, -0.05) is 69.4 Å². The molecule has 3 rings (SSSR count). The van der Waals surface area contributed by atoms with E-state index < -0.39 is 0 Å². The van der Waals surface area contributed by atoms with Gasteiger partial charge < -0.3 is 9.73 Å². The van der Waals surface area contributed by atoms with Crippen molar-refractivity contribution in [3.05, 3.63) is 35.0 Å². The first-order valence-corrected chi connectivity index (χ1v) is 10.1. The number of carbonyl (C=O) groups is 1. The van der Waals surface area contributed by atoms with Crippen LogP contribution in [0.4, 0.5) is 0 Å². The Balaban J connectivity index is 1.61. The Kier molecular flexibility index (Phi) is 6.80. The molecule has 1 fully saturated rings. The van der Waals surface area contributed by atoms with E-state index in [0.29, 0.717) is 16.4 Å². The predicted molar refractivity (Wildman–Crippen MR) is 103 cm³/mol. The van der Waals surface area contributed by atoms with Crippen LogP contribution in [0.25, 0.3) is 11.0 Å². The summed E-state index contributed by atoms with van der Waals surface area (Å²) in [5.41, 5.74) is 0.702. The zero-order valence-corrected chi connectivity index (χ0v) is 15.6. The summed E-state index contributed by atoms with van der Waals surface area (Å²) in [6.45, 7) is 0. The molecule has 1 N–H and O–H groups in total. The number of nitrogens with one attached hydrogen (secondary N) is 1. The van der Waals surface area contributed by atoms with E-state index in [1.165, 1.54) is 57.8 Å². The van der Waals surface area contributed by atoms with E-state index in [4.69, 9.17) is 16.0 Å². The molecule has 0 aliphatic heterocycles. The van der Waals surface area contributed by atoms with Gasteiger partial charge in [0, 0.05) is 16.5 Å². The van der Waals surface area contributed by atoms with Crippen LogP contribution in [0.3, 0.4) is 0 Å². The molecule has 1 aliphatic carbocycles. The van der Waals surface area contributed by atoms with Crippen LogP contribution in [0.15, 0.2) is 28.7 Å². The second-order valence-electron chi connectivity index (χ2n) is 7.22. The first-order valence-electron chi connectivity index (χ1n) is 9.72. The van der Waals surface area contributed by atoms with E-state index in [1.807, 2.05) is 12.1 Å². The minimum Gasteiger partial charge on any atom is -0.451 e. The van der Waals surface area contributed by atoms with Crippen LogP contribution in [0.2, 0.25) is 5.02 Å². The zero-order valence-electron chi connectivity index (χ0n) is 14.9. The normalized spacial score (nSPS) is 18.4. The number of benzene rings is 1. The average molecular weight is 362 g/mol. The zero-order chi connectivity index (χ0) is 17.5. The quantitative estimate of drug-likeness (QED) is 0.664. The third-order valence-electron chi connectivity index (χ3n) is 5.14. The second-order valence-corrected chi connectivity index (χ2v) is 7.66. The molecule has 1 aliphatic rings. The van der Waals surface area contributed by atoms with Gasteiger partial charge in [0.1, 0.15) is 5.58 Å². The minimum absolute atomic E-state index is 0.107. The van der Waals surface area contributed by atoms with E-state index >= 15 is 0 Å². The van der Waals surface area contributed by atoms with Gasteiger partial charge in [0.15, 0.2) is 5.76 Å². The fourth-order valence-corrected chi connectivity index (χ4v) is 3.87. The lowest BCUT2D eigenvalue weighted by Gasteiger charge is -2.19. The summed E-state index contributed by atoms with van der Waals surface area (Å²) < 4.78 is 5.69. The molecule has 3 nitrogen and oxygen atoms in total. The maximum Gasteiger partial charge on any atom is 0.287 e. The Morgan fingerprint density at radius 1 is 0.920 bits per heavy atom. The summed E-state index contributed by atoms with van der Waals surface area (Å²) in [6, 6.07) is 7.45. The number of hydrogen-bond acceptors (Lipinski definition) is 2. The van der Waals surface area contributed by atoms with Gasteiger partial charge in [0.05, 0.1) is 0 Å². The lowest BCUT2D eigenvalue weighted by molar-refractivity contribution is 0.0905. The van der Waals surface area contributed by atoms with Crippen LogP contribution in [0.1, 0.15) is 81.2 Å². The molecule has 0 spiro atoms. The van der Waals surface area contributed by atoms with Crippen molar-refractivity contribution in [2.45, 2.75) is 76.7 Å². The van der Waals surface area contributed by atoms with Crippen molar-refractivity contribution >= 4 is 28.5 Å². The standard InChI is InChI=1S/C21H28ClNO2/c22-17-12-13-19-16(14-17)15-20(25-19)21(24)23-18-10-8-6-4-2-1-3-5-7-9-11-18/h12-15,18H,1-11H2,(H,23,24). The van der Waals surface area contributed by atoms with Crippen LogP contribution >= 0.6 is 11.6 Å². The average Bonchev–Trinajstić information content (AvgIpc) is 3.00. The molecule has 1 aromatic heterocycles. The van der Waals surface area contributed by atoms with Crippen molar-refractivity contribution in [3.8, 4) is 0 Å². The van der Waals surface area contributed by atoms with Crippen molar-refractivity contribution in [1.29, 1.82) is 0 Å². The van der Waals surface area contributed by atoms with Gasteiger partial charge in [-0.25, -0.2) is 0 Å². The third-order valence-corrected chi connectivity index (χ3v) is 5.38. The highest BCUT2D eigenvalue weighted by molar-refractivity contribution is 6.31. The number of hydrogen-bond donors (Lipinski definition) is 1. The first kappa shape index (κ1) is 18.3. The first-order chi connectivity index (χ1) is 12.2. The maximum absolute atomic E-state index is 12.6. The number of furan rings is 1. The van der Waals surface area contributed by atoms with Crippen molar-refractivity contribution < 1.29 is 9.21 Å². The molecular weight excluding hydrogens is 334 g/mol. The molecule has 0 radical (unpaired) electrons. The Hall–Kier alpha value is -1.48. The summed E-state index contributed by atoms with van der Waals surface area (Å²) in [6.07, 6.45) is 13.8. The van der Waals surface area contributed by atoms with Crippen LogP contribution in [0, 0.1) is 0 Å². The topological polar surface area (TPSA) is 42.2 Å². The lowest BCUT2D eigenvalue weighted by Crippen LogP contribution is -2.34. The predicted octanol–water partition coefficient (Wildman–Crippen LogP) is 6.49. The smallest absolute Gasteiger partial charge is 0.287 e. The van der Waals surface area contributed by atoms with Gasteiger partial charge in [-0.2, -0.15) is 0 Å². The van der Waals surface area contributed by atoms with E-state index in [2.05, 4.69) is 5.32 Å². The molecule has 0 saturated heterocycles. The van der Waals surface area contributed by atoms with Crippen molar-refractivity contribution in [2.75, 3.05) is 0 Å². The maximum atomic E-state index is 12.6. The van der Waals surface area contributed by atoms with E-state index in [1.54, 1.807) is 12.1 Å². The molecule has 136 valence electrons. The molecule has 25 heavy (non-hydrogen) atoms. The van der Waals surface area contributed by atoms with Crippen molar-refractivity contribution in [1.82, 2.24) is 5.32 Å². The van der Waals surface area contributed by atoms with Gasteiger partial charge in [-0.3, -0.25) is 4.79 Å². The Morgan fingerprint density at radius 3 is 2.16 bits per heavy atom. The van der Waals surface area contributed by atoms with Gasteiger partial charge in [-0.05, 0) is 37.1 Å². The van der Waals surface area contributed by atoms with Crippen LogP contribution in [0.5, 0.6) is 0 Å². The van der Waals surface area contributed by atoms with Gasteiger partial charge >= 0.3 is 0 Å². The monoisotopic (exact) mass is 361 g/mol. The largest absolute Gasteiger partial charge is 0.451 e. The Morgan fingerprint density at radius 2 is 1.52 bits per heavy atom. The lowest BCUT2D eigenvalue weighted by atomic mass is 9.98. The highest BCUT2D eigenvalue weighted by Gasteiger charge is 2.17. The number of amides is 1. The second kappa shape index (κ2) is 9.28. The minimum atomic E-state index is -0.107. The van der Waals surface area contributed by atoms with E-state index in [9.17, 15) is 4.79 Å². The van der Waals surface area contributed by atoms with Crippen LogP contribution < -0.4 is 5.32 Å². The molecule has 4 heteroatoms. The summed E-state index contributed by atoms with van der Waals surface area (Å²) in [7, 11) is 0. The molecule has 0 bridgehead atoms. The van der Waals surface area contributed by atoms with Gasteiger partial charge in [0.25, 0.3) is 5.91 Å². The fraction of sp³-hybridized carbons (Fsp3) is 0.571. The number of carbonyl (C=O) groups excluding carboxylic acids is 1. The molecule has 1 aromatic carbocycles. The van der Waals surface area contributed by atoms with Gasteiger partial charge in [-0.15, -0.1) is 0 Å². The van der Waals surface area contributed by atoms with Crippen molar-refractivity contribution in [3.63, 3.8) is 0 Å². The molecule has 0 unspecified atom stereocenters. The number of rotatable bonds is 2. The molecular formula is C21H28ClNO2. The highest BCUT2D eigenvalue weighted by Crippen LogP contribution is 2.23. The van der Waals surface area contributed by atoms with E-state index in [-0.39, 0.29) is 11.9 Å². The molecule has 0 atom stereocenters. The summed E-state index contributed by atoms with van der Waals surface area (Å²) in [4.78, 5) is 12.6. The summed E-state index contributed by atoms with van der Waals surface area (Å²) in [5, 5.41) is 4.72. The summed E-state index contributed by atoms with van der Waals surface area (Å²) in [5.74, 6) is 0.271. The third kappa shape index (κ3) is 5.50. The number of halogens is 1. The number of fused-ring (bicyclic) bond motifs is 1. The molecule has 1 heterocycles. The highest BCUT2D eigenvalue weighted by atomic mass is 35.5. The summed E-state index contributed by atoms with van der Waals surface area (Å²) >= 11 is 6.01.